The van der Waals surface area contributed by atoms with Crippen LogP contribution < -0.4 is 0 Å². The van der Waals surface area contributed by atoms with Crippen LogP contribution in [0.5, 0.6) is 0 Å². The summed E-state index contributed by atoms with van der Waals surface area (Å²) in [5, 5.41) is 8.45. The number of unbranched alkanes of at least 4 members (excludes halogenated alkanes) is 1. The molecule has 0 aliphatic carbocycles. The molecule has 1 N–H and O–H groups in total. The van der Waals surface area contributed by atoms with Gasteiger partial charge in [-0.15, -0.1) is 12.3 Å². The highest BCUT2D eigenvalue weighted by molar-refractivity contribution is 5.76. The zero-order valence-corrected chi connectivity index (χ0v) is 10.0. The van der Waals surface area contributed by atoms with Gasteiger partial charge in [0.25, 0.3) is 0 Å². The van der Waals surface area contributed by atoms with Crippen LogP contribution in [0.4, 0.5) is 0 Å². The SMILES string of the molecule is C#CCN(CC#CC)C(=O)CCCCC(=O)O. The fraction of sp³-hybridized carbons (Fsp3) is 0.538. The van der Waals surface area contributed by atoms with Crippen LogP contribution in [0.2, 0.25) is 0 Å². The molecule has 0 heterocycles. The molecule has 0 atom stereocenters. The van der Waals surface area contributed by atoms with Gasteiger partial charge in [-0.3, -0.25) is 9.59 Å². The van der Waals surface area contributed by atoms with E-state index < -0.39 is 5.97 Å². The zero-order chi connectivity index (χ0) is 13.1. The van der Waals surface area contributed by atoms with Crippen LogP contribution in [0.25, 0.3) is 0 Å². The maximum Gasteiger partial charge on any atom is 0.303 e. The number of carbonyl (C=O) groups excluding carboxylic acids is 1. The lowest BCUT2D eigenvalue weighted by molar-refractivity contribution is -0.137. The van der Waals surface area contributed by atoms with Gasteiger partial charge in [-0.1, -0.05) is 11.8 Å². The lowest BCUT2D eigenvalue weighted by Crippen LogP contribution is -2.31. The fourth-order valence-electron chi connectivity index (χ4n) is 1.23. The number of rotatable bonds is 7. The van der Waals surface area contributed by atoms with Gasteiger partial charge >= 0.3 is 5.97 Å². The minimum Gasteiger partial charge on any atom is -0.481 e. The monoisotopic (exact) mass is 235 g/mol. The topological polar surface area (TPSA) is 57.6 Å². The molecule has 0 aromatic carbocycles. The molecule has 4 nitrogen and oxygen atoms in total. The van der Waals surface area contributed by atoms with E-state index in [0.717, 1.165) is 0 Å². The van der Waals surface area contributed by atoms with E-state index in [9.17, 15) is 9.59 Å². The lowest BCUT2D eigenvalue weighted by Gasteiger charge is -2.17. The van der Waals surface area contributed by atoms with Crippen molar-refractivity contribution in [1.29, 1.82) is 0 Å². The molecule has 92 valence electrons. The molecule has 0 spiro atoms. The van der Waals surface area contributed by atoms with Gasteiger partial charge in [0.2, 0.25) is 5.91 Å². The standard InChI is InChI=1S/C13H17NO3/c1-3-5-11-14(10-4-2)12(15)8-6-7-9-13(16)17/h2H,6-11H2,1H3,(H,16,17). The molecule has 4 heteroatoms. The zero-order valence-electron chi connectivity index (χ0n) is 10.0. The summed E-state index contributed by atoms with van der Waals surface area (Å²) < 4.78 is 0. The summed E-state index contributed by atoms with van der Waals surface area (Å²) >= 11 is 0. The molecule has 0 radical (unpaired) electrons. The Morgan fingerprint density at radius 1 is 1.24 bits per heavy atom. The second kappa shape index (κ2) is 9.30. The third-order valence-corrected chi connectivity index (χ3v) is 2.11. The van der Waals surface area contributed by atoms with Crippen molar-refractivity contribution in [2.45, 2.75) is 32.6 Å². The van der Waals surface area contributed by atoms with Gasteiger partial charge in [-0.05, 0) is 19.8 Å². The summed E-state index contributed by atoms with van der Waals surface area (Å²) in [6.07, 6.45) is 6.64. The first kappa shape index (κ1) is 15.1. The van der Waals surface area contributed by atoms with E-state index in [1.54, 1.807) is 6.92 Å². The number of nitrogens with zero attached hydrogens (tertiary/aromatic N) is 1. The molecule has 0 bridgehead atoms. The van der Waals surface area contributed by atoms with Crippen molar-refractivity contribution in [2.75, 3.05) is 13.1 Å². The molecular weight excluding hydrogens is 218 g/mol. The van der Waals surface area contributed by atoms with Crippen LogP contribution in [-0.4, -0.2) is 35.0 Å². The third-order valence-electron chi connectivity index (χ3n) is 2.11. The molecule has 0 aliphatic rings. The smallest absolute Gasteiger partial charge is 0.303 e. The predicted octanol–water partition coefficient (Wildman–Crippen LogP) is 1.12. The van der Waals surface area contributed by atoms with E-state index in [2.05, 4.69) is 17.8 Å². The lowest BCUT2D eigenvalue weighted by atomic mass is 10.2. The van der Waals surface area contributed by atoms with Crippen LogP contribution in [0, 0.1) is 24.2 Å². The van der Waals surface area contributed by atoms with Gasteiger partial charge in [-0.25, -0.2) is 0 Å². The Kier molecular flexibility index (Phi) is 8.24. The van der Waals surface area contributed by atoms with Crippen molar-refractivity contribution in [1.82, 2.24) is 4.90 Å². The molecule has 0 unspecified atom stereocenters. The van der Waals surface area contributed by atoms with Gasteiger partial charge < -0.3 is 10.0 Å². The van der Waals surface area contributed by atoms with E-state index in [1.165, 1.54) is 4.90 Å². The van der Waals surface area contributed by atoms with Gasteiger partial charge in [0.05, 0.1) is 13.1 Å². The highest BCUT2D eigenvalue weighted by Crippen LogP contribution is 2.03. The van der Waals surface area contributed by atoms with Crippen molar-refractivity contribution < 1.29 is 14.7 Å². The van der Waals surface area contributed by atoms with E-state index in [1.807, 2.05) is 0 Å². The van der Waals surface area contributed by atoms with Crippen molar-refractivity contribution in [3.63, 3.8) is 0 Å². The van der Waals surface area contributed by atoms with Gasteiger partial charge in [0.15, 0.2) is 0 Å². The Bertz CT molecular complexity index is 357. The molecule has 0 aliphatic heterocycles. The molecule has 17 heavy (non-hydrogen) atoms. The summed E-state index contributed by atoms with van der Waals surface area (Å²) in [6, 6.07) is 0. The first-order valence-corrected chi connectivity index (χ1v) is 5.44. The summed E-state index contributed by atoms with van der Waals surface area (Å²) in [6.45, 7) is 2.27. The second-order valence-corrected chi connectivity index (χ2v) is 3.48. The second-order valence-electron chi connectivity index (χ2n) is 3.48. The fourth-order valence-corrected chi connectivity index (χ4v) is 1.23. The number of carboxylic acids is 1. The number of carbonyl (C=O) groups is 2. The molecule has 0 saturated heterocycles. The Hall–Kier alpha value is -1.94. The van der Waals surface area contributed by atoms with Crippen molar-refractivity contribution in [3.05, 3.63) is 0 Å². The molecule has 0 aromatic heterocycles. The van der Waals surface area contributed by atoms with E-state index in [0.29, 0.717) is 25.8 Å². The number of amides is 1. The molecule has 0 saturated carbocycles. The third kappa shape index (κ3) is 7.93. The Labute approximate surface area is 102 Å². The average Bonchev–Trinajstić information content (AvgIpc) is 2.29. The van der Waals surface area contributed by atoms with Crippen LogP contribution in [0.15, 0.2) is 0 Å². The van der Waals surface area contributed by atoms with Crippen LogP contribution >= 0.6 is 0 Å². The number of terminal acetylenes is 1. The van der Waals surface area contributed by atoms with E-state index in [4.69, 9.17) is 11.5 Å². The van der Waals surface area contributed by atoms with Gasteiger partial charge in [-0.2, -0.15) is 0 Å². The Balaban J connectivity index is 4.00. The summed E-state index contributed by atoms with van der Waals surface area (Å²) in [5.41, 5.74) is 0. The van der Waals surface area contributed by atoms with Crippen LogP contribution in [-0.2, 0) is 9.59 Å². The molecular formula is C13H17NO3. The number of aliphatic carboxylic acids is 1. The molecule has 0 fully saturated rings. The first-order chi connectivity index (χ1) is 8.11. The quantitative estimate of drug-likeness (QED) is 0.531. The predicted molar refractivity (Wildman–Crippen MR) is 65.0 cm³/mol. The summed E-state index contributed by atoms with van der Waals surface area (Å²) in [7, 11) is 0. The first-order valence-electron chi connectivity index (χ1n) is 5.44. The summed E-state index contributed by atoms with van der Waals surface area (Å²) in [4.78, 5) is 23.5. The average molecular weight is 235 g/mol. The van der Waals surface area contributed by atoms with Gasteiger partial charge in [0, 0.05) is 12.8 Å². The maximum atomic E-state index is 11.7. The molecule has 0 aromatic rings. The highest BCUT2D eigenvalue weighted by Gasteiger charge is 2.10. The largest absolute Gasteiger partial charge is 0.481 e. The number of carboxylic acid groups (broad SMARTS) is 1. The Morgan fingerprint density at radius 3 is 2.41 bits per heavy atom. The normalized spacial score (nSPS) is 8.71. The van der Waals surface area contributed by atoms with Crippen molar-refractivity contribution >= 4 is 11.9 Å². The molecule has 1 amide bonds. The van der Waals surface area contributed by atoms with Crippen LogP contribution in [0.1, 0.15) is 32.6 Å². The summed E-state index contributed by atoms with van der Waals surface area (Å²) in [5.74, 6) is 6.99. The minimum absolute atomic E-state index is 0.0731. The molecule has 0 rings (SSSR count). The van der Waals surface area contributed by atoms with Gasteiger partial charge in [0.1, 0.15) is 0 Å². The van der Waals surface area contributed by atoms with Crippen molar-refractivity contribution in [2.24, 2.45) is 0 Å². The van der Waals surface area contributed by atoms with E-state index in [-0.39, 0.29) is 18.9 Å². The minimum atomic E-state index is -0.838. The Morgan fingerprint density at radius 2 is 1.88 bits per heavy atom. The van der Waals surface area contributed by atoms with Crippen LogP contribution in [0.3, 0.4) is 0 Å². The number of hydrogen-bond acceptors (Lipinski definition) is 2. The highest BCUT2D eigenvalue weighted by atomic mass is 16.4. The van der Waals surface area contributed by atoms with Crippen molar-refractivity contribution in [3.8, 4) is 24.2 Å². The van der Waals surface area contributed by atoms with E-state index >= 15 is 0 Å². The maximum absolute atomic E-state index is 11.7. The number of hydrogen-bond donors (Lipinski definition) is 1.